The third kappa shape index (κ3) is 4.04. The highest BCUT2D eigenvalue weighted by atomic mass is 32.2. The minimum atomic E-state index is -0.771. The van der Waals surface area contributed by atoms with Crippen LogP contribution in [0.15, 0.2) is 46.5 Å². The number of carboxylic acid groups (broad SMARTS) is 1. The Bertz CT molecular complexity index is 1040. The molecule has 1 aliphatic rings. The van der Waals surface area contributed by atoms with Gasteiger partial charge in [-0.2, -0.15) is 0 Å². The maximum atomic E-state index is 13.4. The van der Waals surface area contributed by atoms with Crippen molar-refractivity contribution in [2.75, 3.05) is 0 Å². The Kier molecular flexibility index (Phi) is 5.63. The third-order valence-corrected chi connectivity index (χ3v) is 6.57. The van der Waals surface area contributed by atoms with E-state index < -0.39 is 5.97 Å². The average Bonchev–Trinajstić information content (AvgIpc) is 2.99. The Morgan fingerprint density at radius 2 is 2.07 bits per heavy atom. The summed E-state index contributed by atoms with van der Waals surface area (Å²) in [6.07, 6.45) is 6.71. The van der Waals surface area contributed by atoms with Crippen LogP contribution >= 0.6 is 11.8 Å². The molecule has 0 fully saturated rings. The van der Waals surface area contributed by atoms with Crippen molar-refractivity contribution >= 4 is 28.6 Å². The molecule has 1 unspecified atom stereocenters. The van der Waals surface area contributed by atoms with Gasteiger partial charge in [-0.25, -0.2) is 4.39 Å². The molecule has 29 heavy (non-hydrogen) atoms. The van der Waals surface area contributed by atoms with Crippen molar-refractivity contribution in [2.24, 2.45) is 5.92 Å². The van der Waals surface area contributed by atoms with Crippen LogP contribution in [0.1, 0.15) is 50.3 Å². The predicted molar refractivity (Wildman–Crippen MR) is 113 cm³/mol. The molecule has 4 rings (SSSR count). The van der Waals surface area contributed by atoms with Crippen molar-refractivity contribution < 1.29 is 14.3 Å². The van der Waals surface area contributed by atoms with Gasteiger partial charge in [-0.15, -0.1) is 0 Å². The van der Waals surface area contributed by atoms with Crippen LogP contribution in [0, 0.1) is 11.7 Å². The molecule has 0 amide bonds. The number of halogens is 1. The molecule has 0 bridgehead atoms. The lowest BCUT2D eigenvalue weighted by molar-refractivity contribution is -0.137. The monoisotopic (exact) mass is 412 g/mol. The SMILES string of the molecule is CC(C)Cc1cncc2c1c(Sc1ccc(F)cc1)c1n2CCCC1CC(=O)O. The molecule has 152 valence electrons. The first kappa shape index (κ1) is 20.0. The van der Waals surface area contributed by atoms with Crippen molar-refractivity contribution in [3.63, 3.8) is 0 Å². The number of aryl methyl sites for hydroxylation is 1. The summed E-state index contributed by atoms with van der Waals surface area (Å²) in [5.41, 5.74) is 3.37. The second-order valence-electron chi connectivity index (χ2n) is 8.15. The maximum Gasteiger partial charge on any atom is 0.304 e. The van der Waals surface area contributed by atoms with E-state index in [9.17, 15) is 14.3 Å². The Balaban J connectivity index is 1.93. The lowest BCUT2D eigenvalue weighted by atomic mass is 9.92. The summed E-state index contributed by atoms with van der Waals surface area (Å²) in [7, 11) is 0. The Morgan fingerprint density at radius 1 is 1.31 bits per heavy atom. The molecule has 0 saturated carbocycles. The van der Waals surface area contributed by atoms with E-state index in [1.54, 1.807) is 23.9 Å². The molecule has 1 N–H and O–H groups in total. The summed E-state index contributed by atoms with van der Waals surface area (Å²) in [4.78, 5) is 18.1. The van der Waals surface area contributed by atoms with Gasteiger partial charge >= 0.3 is 5.97 Å². The van der Waals surface area contributed by atoms with E-state index in [4.69, 9.17) is 0 Å². The second-order valence-corrected chi connectivity index (χ2v) is 9.23. The van der Waals surface area contributed by atoms with E-state index in [1.165, 1.54) is 23.1 Å². The summed E-state index contributed by atoms with van der Waals surface area (Å²) in [5.74, 6) is -0.570. The van der Waals surface area contributed by atoms with Crippen LogP contribution in [0.2, 0.25) is 0 Å². The standard InChI is InChI=1S/C23H25FN2O2S/c1-14(2)10-16-12-25-13-19-21(16)23(29-18-7-5-17(24)6-8-18)22-15(11-20(27)28)4-3-9-26(19)22/h5-8,12-15H,3-4,9-11H2,1-2H3,(H,27,28). The number of hydrogen-bond donors (Lipinski definition) is 1. The quantitative estimate of drug-likeness (QED) is 0.549. The summed E-state index contributed by atoms with van der Waals surface area (Å²) < 4.78 is 15.7. The van der Waals surface area contributed by atoms with Gasteiger partial charge in [-0.05, 0) is 55.0 Å². The molecule has 0 spiro atoms. The number of nitrogens with zero attached hydrogens (tertiary/aromatic N) is 2. The summed E-state index contributed by atoms with van der Waals surface area (Å²) >= 11 is 1.61. The molecule has 0 radical (unpaired) electrons. The first-order chi connectivity index (χ1) is 13.9. The van der Waals surface area contributed by atoms with E-state index in [2.05, 4.69) is 23.4 Å². The number of aromatic nitrogens is 2. The van der Waals surface area contributed by atoms with Crippen molar-refractivity contribution in [1.82, 2.24) is 9.55 Å². The van der Waals surface area contributed by atoms with E-state index in [-0.39, 0.29) is 18.2 Å². The van der Waals surface area contributed by atoms with Crippen LogP contribution in [0.4, 0.5) is 4.39 Å². The van der Waals surface area contributed by atoms with Crippen LogP contribution in [-0.4, -0.2) is 20.6 Å². The zero-order valence-electron chi connectivity index (χ0n) is 16.7. The topological polar surface area (TPSA) is 55.1 Å². The molecule has 4 nitrogen and oxygen atoms in total. The minimum Gasteiger partial charge on any atom is -0.481 e. The van der Waals surface area contributed by atoms with Gasteiger partial charge in [0, 0.05) is 39.5 Å². The summed E-state index contributed by atoms with van der Waals surface area (Å²) in [6, 6.07) is 6.51. The van der Waals surface area contributed by atoms with Gasteiger partial charge in [-0.3, -0.25) is 9.78 Å². The van der Waals surface area contributed by atoms with Gasteiger partial charge in [0.2, 0.25) is 0 Å². The number of benzene rings is 1. The fourth-order valence-corrected chi connectivity index (χ4v) is 5.57. The molecular formula is C23H25FN2O2S. The number of rotatable bonds is 6. The van der Waals surface area contributed by atoms with Gasteiger partial charge in [0.15, 0.2) is 0 Å². The normalized spacial score (nSPS) is 16.3. The minimum absolute atomic E-state index is 0.0245. The number of carbonyl (C=O) groups is 1. The van der Waals surface area contributed by atoms with Gasteiger partial charge < -0.3 is 9.67 Å². The van der Waals surface area contributed by atoms with Crippen molar-refractivity contribution in [2.45, 2.75) is 61.8 Å². The number of aliphatic carboxylic acids is 1. The van der Waals surface area contributed by atoms with Gasteiger partial charge in [0.25, 0.3) is 0 Å². The van der Waals surface area contributed by atoms with E-state index >= 15 is 0 Å². The molecule has 1 aliphatic heterocycles. The number of hydrogen-bond acceptors (Lipinski definition) is 3. The Labute approximate surface area is 174 Å². The highest BCUT2D eigenvalue weighted by Gasteiger charge is 2.30. The molecule has 6 heteroatoms. The van der Waals surface area contributed by atoms with Gasteiger partial charge in [0.05, 0.1) is 18.1 Å². The lowest BCUT2D eigenvalue weighted by Crippen LogP contribution is -2.18. The number of carboxylic acids is 1. The highest BCUT2D eigenvalue weighted by Crippen LogP contribution is 2.46. The van der Waals surface area contributed by atoms with E-state index in [0.717, 1.165) is 46.8 Å². The number of pyridine rings is 1. The first-order valence-corrected chi connectivity index (χ1v) is 10.9. The van der Waals surface area contributed by atoms with Crippen molar-refractivity contribution in [3.8, 4) is 0 Å². The van der Waals surface area contributed by atoms with E-state index in [1.807, 2.05) is 12.4 Å². The predicted octanol–water partition coefficient (Wildman–Crippen LogP) is 5.88. The smallest absolute Gasteiger partial charge is 0.304 e. The largest absolute Gasteiger partial charge is 0.481 e. The highest BCUT2D eigenvalue weighted by molar-refractivity contribution is 7.99. The number of fused-ring (bicyclic) bond motifs is 3. The molecule has 0 aliphatic carbocycles. The van der Waals surface area contributed by atoms with Crippen LogP contribution < -0.4 is 0 Å². The van der Waals surface area contributed by atoms with Crippen LogP contribution in [-0.2, 0) is 17.8 Å². The molecule has 3 aromatic rings. The van der Waals surface area contributed by atoms with Crippen molar-refractivity contribution in [3.05, 3.63) is 53.7 Å². The van der Waals surface area contributed by atoms with Crippen molar-refractivity contribution in [1.29, 1.82) is 0 Å². The third-order valence-electron chi connectivity index (χ3n) is 5.45. The fraction of sp³-hybridized carbons (Fsp3) is 0.391. The first-order valence-electron chi connectivity index (χ1n) is 10.1. The van der Waals surface area contributed by atoms with Crippen LogP contribution in [0.25, 0.3) is 10.9 Å². The summed E-state index contributed by atoms with van der Waals surface area (Å²) in [6.45, 7) is 5.25. The lowest BCUT2D eigenvalue weighted by Gasteiger charge is -2.25. The zero-order chi connectivity index (χ0) is 20.5. The maximum absolute atomic E-state index is 13.4. The van der Waals surface area contributed by atoms with Gasteiger partial charge in [-0.1, -0.05) is 25.6 Å². The fourth-order valence-electron chi connectivity index (χ4n) is 4.35. The van der Waals surface area contributed by atoms with Gasteiger partial charge in [0.1, 0.15) is 5.82 Å². The van der Waals surface area contributed by atoms with Crippen LogP contribution in [0.3, 0.4) is 0 Å². The summed E-state index contributed by atoms with van der Waals surface area (Å²) in [5, 5.41) is 10.7. The molecule has 1 atom stereocenters. The molecule has 3 heterocycles. The Morgan fingerprint density at radius 3 is 2.76 bits per heavy atom. The van der Waals surface area contributed by atoms with Crippen LogP contribution in [0.5, 0.6) is 0 Å². The molecular weight excluding hydrogens is 387 g/mol. The molecule has 0 saturated heterocycles. The molecule has 2 aromatic heterocycles. The average molecular weight is 413 g/mol. The second kappa shape index (κ2) is 8.19. The molecule has 1 aromatic carbocycles. The Hall–Kier alpha value is -2.34. The van der Waals surface area contributed by atoms with E-state index in [0.29, 0.717) is 5.92 Å². The zero-order valence-corrected chi connectivity index (χ0v) is 17.5.